The van der Waals surface area contributed by atoms with Crippen molar-refractivity contribution >= 4 is 40.6 Å². The zero-order valence-corrected chi connectivity index (χ0v) is 16.7. The Hall–Kier alpha value is -2.32. The van der Waals surface area contributed by atoms with Crippen molar-refractivity contribution < 1.29 is 4.79 Å². The van der Waals surface area contributed by atoms with E-state index in [1.807, 2.05) is 6.07 Å². The van der Waals surface area contributed by atoms with Crippen LogP contribution in [0.1, 0.15) is 32.1 Å². The minimum atomic E-state index is -0.428. The molecule has 4 rings (SSSR count). The van der Waals surface area contributed by atoms with Gasteiger partial charge in [0, 0.05) is 16.0 Å². The number of benzene rings is 1. The van der Waals surface area contributed by atoms with E-state index in [1.165, 1.54) is 36.6 Å². The van der Waals surface area contributed by atoms with E-state index in [0.717, 1.165) is 9.71 Å². The molecule has 1 fully saturated rings. The van der Waals surface area contributed by atoms with Gasteiger partial charge in [-0.2, -0.15) is 9.61 Å². The van der Waals surface area contributed by atoms with E-state index in [1.54, 1.807) is 42.1 Å². The van der Waals surface area contributed by atoms with Crippen LogP contribution in [-0.2, 0) is 11.3 Å². The number of rotatable bonds is 5. The number of anilines is 1. The monoisotopic (exact) mass is 417 g/mol. The Bertz CT molecular complexity index is 1060. The Morgan fingerprint density at radius 2 is 2.00 bits per heavy atom. The van der Waals surface area contributed by atoms with Gasteiger partial charge in [-0.1, -0.05) is 36.9 Å². The number of halogens is 1. The molecule has 7 nitrogen and oxygen atoms in total. The van der Waals surface area contributed by atoms with Gasteiger partial charge in [-0.3, -0.25) is 4.79 Å². The van der Waals surface area contributed by atoms with Crippen molar-refractivity contribution in [3.05, 3.63) is 51.9 Å². The van der Waals surface area contributed by atoms with Gasteiger partial charge in [0.25, 0.3) is 0 Å². The van der Waals surface area contributed by atoms with Crippen LogP contribution >= 0.6 is 23.4 Å². The Kier molecular flexibility index (Phi) is 5.68. The van der Waals surface area contributed by atoms with Crippen molar-refractivity contribution in [3.8, 4) is 0 Å². The molecule has 1 aliphatic rings. The number of nitrogens with one attached hydrogen (secondary N) is 1. The van der Waals surface area contributed by atoms with Gasteiger partial charge in [-0.15, -0.1) is 16.9 Å². The molecule has 2 aromatic heterocycles. The fraction of sp³-hybridized carbons (Fsp3) is 0.368. The van der Waals surface area contributed by atoms with E-state index < -0.39 is 5.69 Å². The number of hydrogen-bond acceptors (Lipinski definition) is 5. The largest absolute Gasteiger partial charge is 0.367 e. The first-order valence-electron chi connectivity index (χ1n) is 9.27. The molecule has 1 aliphatic carbocycles. The molecule has 9 heteroatoms. The van der Waals surface area contributed by atoms with Crippen molar-refractivity contribution in [1.82, 2.24) is 19.4 Å². The van der Waals surface area contributed by atoms with Crippen molar-refractivity contribution in [2.24, 2.45) is 0 Å². The lowest BCUT2D eigenvalue weighted by molar-refractivity contribution is -0.117. The highest BCUT2D eigenvalue weighted by atomic mass is 35.5. The van der Waals surface area contributed by atoms with E-state index in [0.29, 0.717) is 21.6 Å². The van der Waals surface area contributed by atoms with Crippen LogP contribution in [0.2, 0.25) is 5.02 Å². The molecular formula is C19H20ClN5O2S. The van der Waals surface area contributed by atoms with Crippen LogP contribution in [0.4, 0.5) is 5.69 Å². The number of fused-ring (bicyclic) bond motifs is 1. The summed E-state index contributed by atoms with van der Waals surface area (Å²) in [6.07, 6.45) is 6.16. The third kappa shape index (κ3) is 4.39. The second-order valence-corrected chi connectivity index (χ2v) is 8.58. The number of carbonyl (C=O) groups excluding carboxylic acids is 1. The van der Waals surface area contributed by atoms with Gasteiger partial charge in [0.1, 0.15) is 11.6 Å². The quantitative estimate of drug-likeness (QED) is 0.685. The van der Waals surface area contributed by atoms with Gasteiger partial charge in [0.15, 0.2) is 5.65 Å². The van der Waals surface area contributed by atoms with Crippen LogP contribution < -0.4 is 11.0 Å². The number of hydrogen-bond donors (Lipinski definition) is 1. The summed E-state index contributed by atoms with van der Waals surface area (Å²) in [5.74, 6) is -0.357. The predicted molar refractivity (Wildman–Crippen MR) is 110 cm³/mol. The van der Waals surface area contributed by atoms with Crippen molar-refractivity contribution in [2.45, 2.75) is 48.9 Å². The minimum absolute atomic E-state index is 0.195. The summed E-state index contributed by atoms with van der Waals surface area (Å²) in [4.78, 5) is 24.9. The average molecular weight is 418 g/mol. The molecule has 0 radical (unpaired) electrons. The summed E-state index contributed by atoms with van der Waals surface area (Å²) in [6, 6.07) is 10.5. The Morgan fingerprint density at radius 3 is 2.79 bits per heavy atom. The first kappa shape index (κ1) is 19.0. The standard InChI is InChI=1S/C19H20ClN5O2S/c20-13-5-4-6-14(11-13)21-17(26)12-24-19(27)25-16(22-24)9-10-18(23-25)28-15-7-2-1-3-8-15/h4-6,9-11,15H,1-3,7-8,12H2,(H,21,26). The van der Waals surface area contributed by atoms with Gasteiger partial charge in [0.05, 0.1) is 0 Å². The molecule has 0 spiro atoms. The second-order valence-electron chi connectivity index (χ2n) is 6.82. The molecule has 1 aromatic carbocycles. The molecule has 0 unspecified atom stereocenters. The van der Waals surface area contributed by atoms with Crippen LogP contribution in [0.3, 0.4) is 0 Å². The van der Waals surface area contributed by atoms with Gasteiger partial charge in [-0.05, 0) is 43.2 Å². The highest BCUT2D eigenvalue weighted by Crippen LogP contribution is 2.32. The predicted octanol–water partition coefficient (Wildman–Crippen LogP) is 3.61. The highest BCUT2D eigenvalue weighted by molar-refractivity contribution is 7.99. The number of thioether (sulfide) groups is 1. The normalized spacial score (nSPS) is 15.0. The van der Waals surface area contributed by atoms with Crippen LogP contribution in [0, 0.1) is 0 Å². The minimum Gasteiger partial charge on any atom is -0.324 e. The molecule has 2 heterocycles. The summed E-state index contributed by atoms with van der Waals surface area (Å²) < 4.78 is 2.38. The first-order chi connectivity index (χ1) is 13.6. The zero-order valence-electron chi connectivity index (χ0n) is 15.2. The summed E-state index contributed by atoms with van der Waals surface area (Å²) in [6.45, 7) is -0.195. The zero-order chi connectivity index (χ0) is 19.5. The van der Waals surface area contributed by atoms with Crippen molar-refractivity contribution in [2.75, 3.05) is 5.32 Å². The van der Waals surface area contributed by atoms with Crippen molar-refractivity contribution in [3.63, 3.8) is 0 Å². The van der Waals surface area contributed by atoms with Gasteiger partial charge < -0.3 is 5.32 Å². The van der Waals surface area contributed by atoms with Gasteiger partial charge >= 0.3 is 5.69 Å². The first-order valence-corrected chi connectivity index (χ1v) is 10.5. The maximum atomic E-state index is 12.6. The van der Waals surface area contributed by atoms with Crippen LogP contribution in [-0.4, -0.2) is 30.6 Å². The molecule has 3 aromatic rings. The van der Waals surface area contributed by atoms with Gasteiger partial charge in [0.2, 0.25) is 5.91 Å². The lowest BCUT2D eigenvalue weighted by Crippen LogP contribution is -2.28. The Morgan fingerprint density at radius 1 is 1.18 bits per heavy atom. The van der Waals surface area contributed by atoms with E-state index >= 15 is 0 Å². The smallest absolute Gasteiger partial charge is 0.324 e. The SMILES string of the molecule is O=C(Cn1nc2ccc(SC3CCCCC3)nn2c1=O)Nc1cccc(Cl)c1. The number of nitrogens with zero attached hydrogens (tertiary/aromatic N) is 4. The fourth-order valence-corrected chi connectivity index (χ4v) is 4.69. The van der Waals surface area contributed by atoms with Gasteiger partial charge in [-0.25, -0.2) is 9.48 Å². The Balaban J connectivity index is 1.49. The Labute approximate surface area is 171 Å². The third-order valence-corrected chi connectivity index (χ3v) is 6.16. The molecule has 28 heavy (non-hydrogen) atoms. The van der Waals surface area contributed by atoms with E-state index in [2.05, 4.69) is 15.5 Å². The lowest BCUT2D eigenvalue weighted by atomic mass is 10.0. The maximum Gasteiger partial charge on any atom is 0.367 e. The molecule has 146 valence electrons. The molecule has 0 atom stereocenters. The molecule has 1 N–H and O–H groups in total. The van der Waals surface area contributed by atoms with Crippen LogP contribution in [0.5, 0.6) is 0 Å². The third-order valence-electron chi connectivity index (χ3n) is 4.66. The molecule has 0 aliphatic heterocycles. The lowest BCUT2D eigenvalue weighted by Gasteiger charge is -2.20. The molecular weight excluding hydrogens is 398 g/mol. The summed E-state index contributed by atoms with van der Waals surface area (Å²) >= 11 is 7.63. The average Bonchev–Trinajstić information content (AvgIpc) is 2.98. The second kappa shape index (κ2) is 8.36. The summed E-state index contributed by atoms with van der Waals surface area (Å²) in [5, 5.41) is 13.2. The van der Waals surface area contributed by atoms with Crippen molar-refractivity contribution in [1.29, 1.82) is 0 Å². The number of carbonyl (C=O) groups is 1. The highest BCUT2D eigenvalue weighted by Gasteiger charge is 2.17. The van der Waals surface area contributed by atoms with Crippen LogP contribution in [0.25, 0.3) is 5.65 Å². The number of amides is 1. The van der Waals surface area contributed by atoms with E-state index in [-0.39, 0.29) is 12.5 Å². The summed E-state index contributed by atoms with van der Waals surface area (Å²) in [5.41, 5.74) is 0.564. The van der Waals surface area contributed by atoms with E-state index in [9.17, 15) is 9.59 Å². The topological polar surface area (TPSA) is 81.3 Å². The maximum absolute atomic E-state index is 12.6. The molecule has 1 saturated carbocycles. The molecule has 0 saturated heterocycles. The fourth-order valence-electron chi connectivity index (χ4n) is 3.31. The molecule has 0 bridgehead atoms. The molecule has 1 amide bonds. The van der Waals surface area contributed by atoms with Crippen LogP contribution in [0.15, 0.2) is 46.2 Å². The van der Waals surface area contributed by atoms with E-state index in [4.69, 9.17) is 11.6 Å². The summed E-state index contributed by atoms with van der Waals surface area (Å²) in [7, 11) is 0. The number of aromatic nitrogens is 4.